The lowest BCUT2D eigenvalue weighted by atomic mass is 10.2. The molecule has 0 saturated heterocycles. The van der Waals surface area contributed by atoms with Crippen molar-refractivity contribution in [2.45, 2.75) is 33.4 Å². The highest BCUT2D eigenvalue weighted by atomic mass is 16.5. The molecule has 3 nitrogen and oxygen atoms in total. The van der Waals surface area contributed by atoms with Gasteiger partial charge in [-0.05, 0) is 56.7 Å². The van der Waals surface area contributed by atoms with Gasteiger partial charge in [-0.25, -0.2) is 0 Å². The van der Waals surface area contributed by atoms with Crippen LogP contribution in [0.4, 0.5) is 5.69 Å². The maximum Gasteiger partial charge on any atom is 0.119 e. The van der Waals surface area contributed by atoms with Crippen molar-refractivity contribution in [3.8, 4) is 5.75 Å². The summed E-state index contributed by atoms with van der Waals surface area (Å²) in [4.78, 5) is 4.28. The Balaban J connectivity index is 1.91. The molecule has 1 aromatic heterocycles. The van der Waals surface area contributed by atoms with Gasteiger partial charge < -0.3 is 10.1 Å². The molecule has 0 spiro atoms. The monoisotopic (exact) mass is 256 g/mol. The van der Waals surface area contributed by atoms with Crippen LogP contribution in [0.5, 0.6) is 5.75 Å². The fraction of sp³-hybridized carbons (Fsp3) is 0.312. The van der Waals surface area contributed by atoms with Crippen LogP contribution in [0.15, 0.2) is 42.6 Å². The molecule has 0 aliphatic carbocycles. The van der Waals surface area contributed by atoms with Crippen LogP contribution in [-0.4, -0.2) is 11.1 Å². The van der Waals surface area contributed by atoms with Crippen molar-refractivity contribution in [1.82, 2.24) is 4.98 Å². The first-order chi connectivity index (χ1) is 9.13. The maximum absolute atomic E-state index is 5.61. The molecular weight excluding hydrogens is 236 g/mol. The molecule has 100 valence electrons. The van der Waals surface area contributed by atoms with Gasteiger partial charge in [0.05, 0.1) is 6.10 Å². The normalized spacial score (nSPS) is 10.5. The highest BCUT2D eigenvalue weighted by Gasteiger charge is 1.98. The van der Waals surface area contributed by atoms with Gasteiger partial charge in [0, 0.05) is 24.1 Å². The van der Waals surface area contributed by atoms with Crippen LogP contribution in [0.25, 0.3) is 0 Å². The van der Waals surface area contributed by atoms with E-state index in [9.17, 15) is 0 Å². The van der Waals surface area contributed by atoms with Gasteiger partial charge in [-0.2, -0.15) is 0 Å². The lowest BCUT2D eigenvalue weighted by molar-refractivity contribution is 0.242. The van der Waals surface area contributed by atoms with Gasteiger partial charge in [0.15, 0.2) is 0 Å². The van der Waals surface area contributed by atoms with Crippen LogP contribution in [0.3, 0.4) is 0 Å². The molecule has 0 aliphatic heterocycles. The van der Waals surface area contributed by atoms with E-state index in [0.29, 0.717) is 0 Å². The molecule has 2 rings (SSSR count). The summed E-state index contributed by atoms with van der Waals surface area (Å²) < 4.78 is 5.61. The zero-order chi connectivity index (χ0) is 13.7. The van der Waals surface area contributed by atoms with Gasteiger partial charge in [0.2, 0.25) is 0 Å². The van der Waals surface area contributed by atoms with Crippen molar-refractivity contribution in [3.63, 3.8) is 0 Å². The average molecular weight is 256 g/mol. The van der Waals surface area contributed by atoms with E-state index in [0.717, 1.165) is 23.7 Å². The molecule has 2 aromatic rings. The fourth-order valence-corrected chi connectivity index (χ4v) is 1.73. The van der Waals surface area contributed by atoms with Gasteiger partial charge >= 0.3 is 0 Å². The zero-order valence-electron chi connectivity index (χ0n) is 11.7. The van der Waals surface area contributed by atoms with Crippen LogP contribution >= 0.6 is 0 Å². The summed E-state index contributed by atoms with van der Waals surface area (Å²) in [5, 5.41) is 3.37. The number of nitrogens with zero attached hydrogens (tertiary/aromatic N) is 1. The number of benzene rings is 1. The first-order valence-corrected chi connectivity index (χ1v) is 6.55. The molecule has 0 fully saturated rings. The van der Waals surface area contributed by atoms with Gasteiger partial charge in [-0.1, -0.05) is 6.07 Å². The second kappa shape index (κ2) is 6.23. The number of aryl methyl sites for hydroxylation is 1. The number of rotatable bonds is 5. The summed E-state index contributed by atoms with van der Waals surface area (Å²) in [6.45, 7) is 6.81. The number of pyridine rings is 1. The Hall–Kier alpha value is -2.03. The largest absolute Gasteiger partial charge is 0.491 e. The van der Waals surface area contributed by atoms with Crippen LogP contribution in [-0.2, 0) is 6.54 Å². The minimum atomic E-state index is 0.206. The molecule has 1 N–H and O–H groups in total. The molecule has 19 heavy (non-hydrogen) atoms. The standard InChI is InChI=1S/C16H20N2O/c1-12(2)19-16-8-6-15(7-9-16)18-11-14-5-4-13(3)17-10-14/h4-10,12,18H,11H2,1-3H3. The van der Waals surface area contributed by atoms with Crippen LogP contribution in [0.1, 0.15) is 25.1 Å². The first kappa shape index (κ1) is 13.4. The number of ether oxygens (including phenoxy) is 1. The summed E-state index contributed by atoms with van der Waals surface area (Å²) in [5.41, 5.74) is 3.30. The minimum Gasteiger partial charge on any atom is -0.491 e. The molecule has 0 amide bonds. The Bertz CT molecular complexity index is 503. The van der Waals surface area contributed by atoms with E-state index in [1.54, 1.807) is 0 Å². The molecule has 0 saturated carbocycles. The number of aromatic nitrogens is 1. The molecule has 1 aromatic carbocycles. The van der Waals surface area contributed by atoms with Crippen molar-refractivity contribution in [2.75, 3.05) is 5.32 Å². The first-order valence-electron chi connectivity index (χ1n) is 6.55. The summed E-state index contributed by atoms with van der Waals surface area (Å²) in [6.07, 6.45) is 2.11. The number of anilines is 1. The van der Waals surface area contributed by atoms with Crippen LogP contribution in [0, 0.1) is 6.92 Å². The molecule has 0 aliphatic rings. The summed E-state index contributed by atoms with van der Waals surface area (Å²) >= 11 is 0. The van der Waals surface area contributed by atoms with Gasteiger partial charge in [-0.3, -0.25) is 4.98 Å². The van der Waals surface area contributed by atoms with Crippen molar-refractivity contribution < 1.29 is 4.74 Å². The van der Waals surface area contributed by atoms with Crippen molar-refractivity contribution in [1.29, 1.82) is 0 Å². The summed E-state index contributed by atoms with van der Waals surface area (Å²) in [7, 11) is 0. The Morgan fingerprint density at radius 1 is 1.11 bits per heavy atom. The minimum absolute atomic E-state index is 0.206. The topological polar surface area (TPSA) is 34.1 Å². The Morgan fingerprint density at radius 2 is 1.84 bits per heavy atom. The molecule has 0 bridgehead atoms. The maximum atomic E-state index is 5.61. The van der Waals surface area contributed by atoms with E-state index in [4.69, 9.17) is 4.74 Å². The lowest BCUT2D eigenvalue weighted by Gasteiger charge is -2.11. The van der Waals surface area contributed by atoms with E-state index >= 15 is 0 Å². The molecule has 3 heteroatoms. The van der Waals surface area contributed by atoms with Crippen LogP contribution in [0.2, 0.25) is 0 Å². The molecule has 0 atom stereocenters. The van der Waals surface area contributed by atoms with E-state index in [1.165, 1.54) is 5.56 Å². The van der Waals surface area contributed by atoms with Crippen molar-refractivity contribution in [3.05, 3.63) is 53.9 Å². The van der Waals surface area contributed by atoms with Crippen LogP contribution < -0.4 is 10.1 Å². The SMILES string of the molecule is Cc1ccc(CNc2ccc(OC(C)C)cc2)cn1. The van der Waals surface area contributed by atoms with Gasteiger partial charge in [-0.15, -0.1) is 0 Å². The zero-order valence-corrected chi connectivity index (χ0v) is 11.7. The predicted molar refractivity (Wildman–Crippen MR) is 78.5 cm³/mol. The summed E-state index contributed by atoms with van der Waals surface area (Å²) in [5.74, 6) is 0.901. The van der Waals surface area contributed by atoms with Crippen molar-refractivity contribution in [2.24, 2.45) is 0 Å². The van der Waals surface area contributed by atoms with Gasteiger partial charge in [0.1, 0.15) is 5.75 Å². The molecule has 0 radical (unpaired) electrons. The van der Waals surface area contributed by atoms with E-state index in [-0.39, 0.29) is 6.10 Å². The Morgan fingerprint density at radius 3 is 2.42 bits per heavy atom. The molecular formula is C16H20N2O. The van der Waals surface area contributed by atoms with E-state index in [2.05, 4.69) is 16.4 Å². The third-order valence-electron chi connectivity index (χ3n) is 2.70. The Kier molecular flexibility index (Phi) is 4.39. The number of hydrogen-bond donors (Lipinski definition) is 1. The second-order valence-corrected chi connectivity index (χ2v) is 4.85. The molecule has 1 heterocycles. The van der Waals surface area contributed by atoms with Crippen molar-refractivity contribution >= 4 is 5.69 Å². The lowest BCUT2D eigenvalue weighted by Crippen LogP contribution is -2.05. The third-order valence-corrected chi connectivity index (χ3v) is 2.70. The quantitative estimate of drug-likeness (QED) is 0.883. The fourth-order valence-electron chi connectivity index (χ4n) is 1.73. The third kappa shape index (κ3) is 4.28. The smallest absolute Gasteiger partial charge is 0.119 e. The van der Waals surface area contributed by atoms with E-state index in [1.807, 2.05) is 57.3 Å². The van der Waals surface area contributed by atoms with E-state index < -0.39 is 0 Å². The highest BCUT2D eigenvalue weighted by molar-refractivity contribution is 5.46. The Labute approximate surface area is 114 Å². The number of hydrogen-bond acceptors (Lipinski definition) is 3. The molecule has 0 unspecified atom stereocenters. The second-order valence-electron chi connectivity index (χ2n) is 4.85. The van der Waals surface area contributed by atoms with Gasteiger partial charge in [0.25, 0.3) is 0 Å². The summed E-state index contributed by atoms with van der Waals surface area (Å²) in [6, 6.07) is 12.1. The predicted octanol–water partition coefficient (Wildman–Crippen LogP) is 3.79. The highest BCUT2D eigenvalue weighted by Crippen LogP contribution is 2.17. The number of nitrogens with one attached hydrogen (secondary N) is 1. The average Bonchev–Trinajstić information content (AvgIpc) is 2.39.